The molecule has 1 fully saturated rings. The maximum absolute atomic E-state index is 13.1. The topological polar surface area (TPSA) is 32.3 Å². The van der Waals surface area contributed by atoms with Crippen molar-refractivity contribution in [3.8, 4) is 10.4 Å². The fourth-order valence-corrected chi connectivity index (χ4v) is 4.15. The first-order chi connectivity index (χ1) is 11.1. The molecule has 2 heterocycles. The van der Waals surface area contributed by atoms with Crippen molar-refractivity contribution in [2.45, 2.75) is 25.8 Å². The molecule has 6 heteroatoms. The molecule has 1 aromatic heterocycles. The second-order valence-electron chi connectivity index (χ2n) is 5.98. The normalized spacial score (nSPS) is 15.2. The van der Waals surface area contributed by atoms with Gasteiger partial charge in [-0.1, -0.05) is 12.1 Å². The number of rotatable bonds is 3. The van der Waals surface area contributed by atoms with Crippen LogP contribution in [0, 0.1) is 12.7 Å². The first-order valence-electron chi connectivity index (χ1n) is 7.91. The van der Waals surface area contributed by atoms with E-state index >= 15 is 0 Å². The molecule has 130 valence electrons. The van der Waals surface area contributed by atoms with Crippen LogP contribution in [-0.2, 0) is 0 Å². The van der Waals surface area contributed by atoms with E-state index in [2.05, 4.69) is 5.32 Å². The van der Waals surface area contributed by atoms with Crippen molar-refractivity contribution in [3.63, 3.8) is 0 Å². The van der Waals surface area contributed by atoms with Gasteiger partial charge in [-0.3, -0.25) is 4.79 Å². The highest BCUT2D eigenvalue weighted by molar-refractivity contribution is 7.17. The Morgan fingerprint density at radius 3 is 2.46 bits per heavy atom. The average molecular weight is 369 g/mol. The smallest absolute Gasteiger partial charge is 0.263 e. The lowest BCUT2D eigenvalue weighted by Crippen LogP contribution is -2.43. The number of halogens is 2. The molecule has 0 bridgehead atoms. The van der Waals surface area contributed by atoms with Crippen LogP contribution >= 0.6 is 23.7 Å². The van der Waals surface area contributed by atoms with Crippen molar-refractivity contribution in [1.29, 1.82) is 0 Å². The Labute approximate surface area is 152 Å². The van der Waals surface area contributed by atoms with Crippen molar-refractivity contribution in [1.82, 2.24) is 10.2 Å². The van der Waals surface area contributed by atoms with Crippen LogP contribution in [0.4, 0.5) is 4.39 Å². The molecule has 0 spiro atoms. The number of nitrogens with zero attached hydrogens (tertiary/aromatic N) is 1. The van der Waals surface area contributed by atoms with E-state index in [4.69, 9.17) is 0 Å². The molecular weight excluding hydrogens is 347 g/mol. The highest BCUT2D eigenvalue weighted by Crippen LogP contribution is 2.33. The molecule has 1 aromatic carbocycles. The van der Waals surface area contributed by atoms with Gasteiger partial charge in [-0.25, -0.2) is 4.39 Å². The minimum atomic E-state index is -0.244. The number of thiophene rings is 1. The van der Waals surface area contributed by atoms with Crippen LogP contribution in [0.15, 0.2) is 30.3 Å². The predicted octanol–water partition coefficient (Wildman–Crippen LogP) is 4.11. The fraction of sp³-hybridized carbons (Fsp3) is 0.389. The van der Waals surface area contributed by atoms with E-state index in [1.165, 1.54) is 23.5 Å². The molecule has 1 aliphatic heterocycles. The van der Waals surface area contributed by atoms with Gasteiger partial charge in [0.25, 0.3) is 5.91 Å². The molecule has 1 N–H and O–H groups in total. The number of amides is 1. The van der Waals surface area contributed by atoms with Crippen molar-refractivity contribution in [2.24, 2.45) is 0 Å². The number of nitrogens with one attached hydrogen (secondary N) is 1. The zero-order valence-corrected chi connectivity index (χ0v) is 15.5. The SMILES string of the molecule is CNC1CCN(C(=O)c2cc(C)c(-c3ccc(F)cc3)s2)CC1.Cl. The van der Waals surface area contributed by atoms with E-state index in [1.54, 1.807) is 12.1 Å². The van der Waals surface area contributed by atoms with Crippen LogP contribution < -0.4 is 5.32 Å². The zero-order chi connectivity index (χ0) is 16.4. The number of carbonyl (C=O) groups is 1. The summed E-state index contributed by atoms with van der Waals surface area (Å²) in [5, 5.41) is 3.28. The number of hydrogen-bond donors (Lipinski definition) is 1. The van der Waals surface area contributed by atoms with Gasteiger partial charge in [0.1, 0.15) is 5.82 Å². The molecule has 0 unspecified atom stereocenters. The summed E-state index contributed by atoms with van der Waals surface area (Å²) in [7, 11) is 1.97. The van der Waals surface area contributed by atoms with Crippen molar-refractivity contribution < 1.29 is 9.18 Å². The van der Waals surface area contributed by atoms with E-state index in [1.807, 2.05) is 24.9 Å². The molecular formula is C18H22ClFN2OS. The summed E-state index contributed by atoms with van der Waals surface area (Å²) in [6.07, 6.45) is 1.99. The van der Waals surface area contributed by atoms with Crippen LogP contribution in [-0.4, -0.2) is 37.0 Å². The summed E-state index contributed by atoms with van der Waals surface area (Å²) in [5.41, 5.74) is 2.02. The number of hydrogen-bond acceptors (Lipinski definition) is 3. The summed E-state index contributed by atoms with van der Waals surface area (Å²) in [5.74, 6) is -0.132. The molecule has 0 aliphatic carbocycles. The molecule has 1 saturated heterocycles. The summed E-state index contributed by atoms with van der Waals surface area (Å²) < 4.78 is 13.1. The molecule has 3 rings (SSSR count). The number of carbonyl (C=O) groups excluding carboxylic acids is 1. The first-order valence-corrected chi connectivity index (χ1v) is 8.73. The minimum Gasteiger partial charge on any atom is -0.338 e. The van der Waals surface area contributed by atoms with Crippen LogP contribution in [0.25, 0.3) is 10.4 Å². The molecule has 0 saturated carbocycles. The Bertz CT molecular complexity index is 694. The Hall–Kier alpha value is -1.43. The molecule has 2 aromatic rings. The van der Waals surface area contributed by atoms with Gasteiger partial charge < -0.3 is 10.2 Å². The molecule has 3 nitrogen and oxygen atoms in total. The number of piperidine rings is 1. The van der Waals surface area contributed by atoms with E-state index in [9.17, 15) is 9.18 Å². The monoisotopic (exact) mass is 368 g/mol. The third-order valence-electron chi connectivity index (χ3n) is 4.43. The molecule has 1 aliphatic rings. The number of likely N-dealkylation sites (tertiary alicyclic amines) is 1. The molecule has 0 radical (unpaired) electrons. The summed E-state index contributed by atoms with van der Waals surface area (Å²) >= 11 is 1.50. The fourth-order valence-electron chi connectivity index (χ4n) is 3.00. The average Bonchev–Trinajstić information content (AvgIpc) is 2.97. The van der Waals surface area contributed by atoms with Crippen molar-refractivity contribution >= 4 is 29.7 Å². The van der Waals surface area contributed by atoms with E-state index in [-0.39, 0.29) is 24.1 Å². The van der Waals surface area contributed by atoms with E-state index < -0.39 is 0 Å². The van der Waals surface area contributed by atoms with Gasteiger partial charge in [0.15, 0.2) is 0 Å². The van der Waals surface area contributed by atoms with Crippen LogP contribution in [0.5, 0.6) is 0 Å². The predicted molar refractivity (Wildman–Crippen MR) is 99.7 cm³/mol. The highest BCUT2D eigenvalue weighted by atomic mass is 35.5. The number of aryl methyl sites for hydroxylation is 1. The lowest BCUT2D eigenvalue weighted by Gasteiger charge is -2.31. The standard InChI is InChI=1S/C18H21FN2OS.ClH/c1-12-11-16(18(22)21-9-7-15(20-2)8-10-21)23-17(12)13-3-5-14(19)6-4-13;/h3-6,11,15,20H,7-10H2,1-2H3;1H. The lowest BCUT2D eigenvalue weighted by molar-refractivity contribution is 0.0712. The van der Waals surface area contributed by atoms with Crippen molar-refractivity contribution in [2.75, 3.05) is 20.1 Å². The largest absolute Gasteiger partial charge is 0.338 e. The van der Waals surface area contributed by atoms with Crippen molar-refractivity contribution in [3.05, 3.63) is 46.6 Å². The third-order valence-corrected chi connectivity index (χ3v) is 5.70. The van der Waals surface area contributed by atoms with E-state index in [0.717, 1.165) is 46.8 Å². The first kappa shape index (κ1) is 18.9. The highest BCUT2D eigenvalue weighted by Gasteiger charge is 2.24. The Morgan fingerprint density at radius 1 is 1.25 bits per heavy atom. The van der Waals surface area contributed by atoms with Crippen LogP contribution in [0.2, 0.25) is 0 Å². The second kappa shape index (κ2) is 8.10. The van der Waals surface area contributed by atoms with Gasteiger partial charge in [-0.15, -0.1) is 23.7 Å². The quantitative estimate of drug-likeness (QED) is 0.884. The second-order valence-corrected chi connectivity index (χ2v) is 7.04. The Morgan fingerprint density at radius 2 is 1.88 bits per heavy atom. The third kappa shape index (κ3) is 3.97. The summed E-state index contributed by atoms with van der Waals surface area (Å²) in [4.78, 5) is 16.4. The maximum Gasteiger partial charge on any atom is 0.263 e. The maximum atomic E-state index is 13.1. The molecule has 24 heavy (non-hydrogen) atoms. The zero-order valence-electron chi connectivity index (χ0n) is 13.8. The Balaban J connectivity index is 0.00000208. The Kier molecular flexibility index (Phi) is 6.38. The minimum absolute atomic E-state index is 0. The molecule has 1 amide bonds. The molecule has 0 atom stereocenters. The van der Waals surface area contributed by atoms with Gasteiger partial charge >= 0.3 is 0 Å². The van der Waals surface area contributed by atoms with Gasteiger partial charge in [-0.2, -0.15) is 0 Å². The van der Waals surface area contributed by atoms with Gasteiger partial charge in [0.2, 0.25) is 0 Å². The summed E-state index contributed by atoms with van der Waals surface area (Å²) in [6.45, 7) is 3.60. The van der Waals surface area contributed by atoms with Gasteiger partial charge in [-0.05, 0) is 56.1 Å². The van der Waals surface area contributed by atoms with Crippen LogP contribution in [0.3, 0.4) is 0 Å². The van der Waals surface area contributed by atoms with Gasteiger partial charge in [0, 0.05) is 24.0 Å². The lowest BCUT2D eigenvalue weighted by atomic mass is 10.1. The van der Waals surface area contributed by atoms with E-state index in [0.29, 0.717) is 6.04 Å². The van der Waals surface area contributed by atoms with Crippen LogP contribution in [0.1, 0.15) is 28.1 Å². The van der Waals surface area contributed by atoms with Gasteiger partial charge in [0.05, 0.1) is 4.88 Å². The summed E-state index contributed by atoms with van der Waals surface area (Å²) in [6, 6.07) is 8.91. The number of benzene rings is 1.